The number of hydrogen-bond donors (Lipinski definition) is 3. The van der Waals surface area contributed by atoms with Gasteiger partial charge in [0, 0.05) is 5.56 Å². The number of methoxy groups -OCH3 is 1. The number of ether oxygens (including phenoxy) is 1. The van der Waals surface area contributed by atoms with Crippen molar-refractivity contribution in [3.63, 3.8) is 0 Å². The lowest BCUT2D eigenvalue weighted by atomic mass is 10.1. The lowest BCUT2D eigenvalue weighted by Crippen LogP contribution is -2.12. The lowest BCUT2D eigenvalue weighted by molar-refractivity contribution is -0.136. The standard InChI is InChI=1S/C19H20N4O5S/c1-11-4-5-12(2)16(8-11)28-29(26)23-14-9-13(6-7-15(14)27-3)19-20-17(21-22-19)10-18(24)25/h4-9,23H,10H2,1-3H3,(H,24,25)(H,20,21,22). The molecule has 1 heterocycles. The number of rotatable bonds is 8. The van der Waals surface area contributed by atoms with E-state index in [-0.39, 0.29) is 12.2 Å². The average molecular weight is 416 g/mol. The van der Waals surface area contributed by atoms with E-state index in [4.69, 9.17) is 14.0 Å². The zero-order chi connectivity index (χ0) is 21.0. The van der Waals surface area contributed by atoms with E-state index in [1.165, 1.54) is 7.11 Å². The Morgan fingerprint density at radius 2 is 2.00 bits per heavy atom. The van der Waals surface area contributed by atoms with Crippen LogP contribution in [-0.4, -0.2) is 37.6 Å². The highest BCUT2D eigenvalue weighted by molar-refractivity contribution is 7.82. The van der Waals surface area contributed by atoms with Gasteiger partial charge in [0.15, 0.2) is 5.82 Å². The second-order valence-electron chi connectivity index (χ2n) is 6.28. The summed E-state index contributed by atoms with van der Waals surface area (Å²) in [5.74, 6) is 0.503. The summed E-state index contributed by atoms with van der Waals surface area (Å²) in [6.07, 6.45) is -0.262. The van der Waals surface area contributed by atoms with Gasteiger partial charge in [0.05, 0.1) is 12.8 Å². The van der Waals surface area contributed by atoms with Gasteiger partial charge in [-0.1, -0.05) is 12.1 Å². The van der Waals surface area contributed by atoms with Gasteiger partial charge in [-0.25, -0.2) is 4.98 Å². The maximum Gasteiger partial charge on any atom is 0.316 e. The molecule has 0 saturated heterocycles. The molecule has 1 atom stereocenters. The summed E-state index contributed by atoms with van der Waals surface area (Å²) in [4.78, 5) is 15.0. The van der Waals surface area contributed by atoms with E-state index < -0.39 is 17.2 Å². The topological polar surface area (TPSA) is 126 Å². The second kappa shape index (κ2) is 8.74. The number of nitrogens with zero attached hydrogens (tertiary/aromatic N) is 2. The Hall–Kier alpha value is -3.40. The molecule has 0 spiro atoms. The number of anilines is 1. The van der Waals surface area contributed by atoms with E-state index in [0.717, 1.165) is 11.1 Å². The molecule has 2 aromatic carbocycles. The quantitative estimate of drug-likeness (QED) is 0.515. The monoisotopic (exact) mass is 416 g/mol. The van der Waals surface area contributed by atoms with Crippen LogP contribution in [0.2, 0.25) is 0 Å². The maximum atomic E-state index is 12.5. The molecule has 0 bridgehead atoms. The Balaban J connectivity index is 1.81. The molecular weight excluding hydrogens is 396 g/mol. The fourth-order valence-electron chi connectivity index (χ4n) is 2.56. The predicted molar refractivity (Wildman–Crippen MR) is 108 cm³/mol. The molecule has 3 N–H and O–H groups in total. The van der Waals surface area contributed by atoms with Gasteiger partial charge in [-0.3, -0.25) is 14.6 Å². The molecule has 0 amide bonds. The Labute approximate surface area is 169 Å². The van der Waals surface area contributed by atoms with E-state index in [2.05, 4.69) is 19.9 Å². The molecule has 0 aliphatic carbocycles. The molecule has 1 aromatic heterocycles. The number of aromatic amines is 1. The molecule has 152 valence electrons. The molecule has 9 nitrogen and oxygen atoms in total. The highest BCUT2D eigenvalue weighted by Gasteiger charge is 2.14. The summed E-state index contributed by atoms with van der Waals surface area (Å²) < 4.78 is 26.1. The van der Waals surface area contributed by atoms with Crippen LogP contribution in [0, 0.1) is 13.8 Å². The van der Waals surface area contributed by atoms with Crippen LogP contribution in [-0.2, 0) is 22.5 Å². The molecule has 0 fully saturated rings. The van der Waals surface area contributed by atoms with Crippen molar-refractivity contribution in [1.82, 2.24) is 15.2 Å². The number of hydrogen-bond acceptors (Lipinski definition) is 6. The number of carboxylic acids is 1. The van der Waals surface area contributed by atoms with E-state index in [1.54, 1.807) is 24.3 Å². The number of aliphatic carboxylic acids is 1. The van der Waals surface area contributed by atoms with Crippen molar-refractivity contribution in [2.75, 3.05) is 11.8 Å². The number of nitrogens with one attached hydrogen (secondary N) is 2. The smallest absolute Gasteiger partial charge is 0.316 e. The molecule has 29 heavy (non-hydrogen) atoms. The first-order chi connectivity index (χ1) is 13.9. The molecule has 0 aliphatic rings. The van der Waals surface area contributed by atoms with Crippen LogP contribution in [0.5, 0.6) is 11.5 Å². The summed E-state index contributed by atoms with van der Waals surface area (Å²) in [6.45, 7) is 3.79. The molecule has 10 heteroatoms. The van der Waals surface area contributed by atoms with Gasteiger partial charge in [-0.05, 0) is 49.2 Å². The van der Waals surface area contributed by atoms with Crippen molar-refractivity contribution in [3.8, 4) is 22.9 Å². The minimum Gasteiger partial charge on any atom is -0.495 e. The fraction of sp³-hybridized carbons (Fsp3) is 0.211. The number of carbonyl (C=O) groups is 1. The summed E-state index contributed by atoms with van der Waals surface area (Å²) in [5.41, 5.74) is 2.85. The summed E-state index contributed by atoms with van der Waals surface area (Å²) >= 11 is -1.88. The van der Waals surface area contributed by atoms with E-state index in [1.807, 2.05) is 26.0 Å². The van der Waals surface area contributed by atoms with E-state index in [9.17, 15) is 9.00 Å². The number of H-pyrrole nitrogens is 1. The van der Waals surface area contributed by atoms with Crippen LogP contribution >= 0.6 is 0 Å². The summed E-state index contributed by atoms with van der Waals surface area (Å²) in [6, 6.07) is 10.7. The van der Waals surface area contributed by atoms with E-state index >= 15 is 0 Å². The first-order valence-electron chi connectivity index (χ1n) is 8.61. The maximum absolute atomic E-state index is 12.5. The third-order valence-electron chi connectivity index (χ3n) is 4.01. The van der Waals surface area contributed by atoms with Crippen LogP contribution in [0.1, 0.15) is 17.0 Å². The number of aromatic nitrogens is 3. The van der Waals surface area contributed by atoms with Crippen molar-refractivity contribution < 1.29 is 23.0 Å². The number of aryl methyl sites for hydroxylation is 2. The second-order valence-corrected chi connectivity index (χ2v) is 7.12. The molecule has 3 aromatic rings. The molecule has 1 unspecified atom stereocenters. The Morgan fingerprint density at radius 3 is 2.72 bits per heavy atom. The highest BCUT2D eigenvalue weighted by Crippen LogP contribution is 2.30. The lowest BCUT2D eigenvalue weighted by Gasteiger charge is -2.13. The SMILES string of the molecule is COc1ccc(-c2n[nH]c(CC(=O)O)n2)cc1NS(=O)Oc1cc(C)ccc1C. The van der Waals surface area contributed by atoms with Crippen LogP contribution in [0.4, 0.5) is 5.69 Å². The van der Waals surface area contributed by atoms with Crippen molar-refractivity contribution in [2.45, 2.75) is 20.3 Å². The first kappa shape index (κ1) is 20.3. The minimum absolute atomic E-state index is 0.236. The Bertz CT molecular complexity index is 1070. The van der Waals surface area contributed by atoms with Crippen LogP contribution in [0.25, 0.3) is 11.4 Å². The molecule has 0 radical (unpaired) electrons. The van der Waals surface area contributed by atoms with Gasteiger partial charge in [0.1, 0.15) is 23.7 Å². The Morgan fingerprint density at radius 1 is 1.21 bits per heavy atom. The van der Waals surface area contributed by atoms with Gasteiger partial charge < -0.3 is 14.0 Å². The number of carboxylic acid groups (broad SMARTS) is 1. The highest BCUT2D eigenvalue weighted by atomic mass is 32.2. The average Bonchev–Trinajstić information content (AvgIpc) is 3.12. The molecule has 3 rings (SSSR count). The zero-order valence-electron chi connectivity index (χ0n) is 16.1. The zero-order valence-corrected chi connectivity index (χ0v) is 16.9. The number of benzene rings is 2. The molecule has 0 saturated carbocycles. The largest absolute Gasteiger partial charge is 0.495 e. The molecular formula is C19H20N4O5S. The third-order valence-corrected chi connectivity index (χ3v) is 4.73. The van der Waals surface area contributed by atoms with Crippen molar-refractivity contribution in [1.29, 1.82) is 0 Å². The van der Waals surface area contributed by atoms with Crippen molar-refractivity contribution >= 4 is 22.9 Å². The third kappa shape index (κ3) is 5.11. The first-order valence-corrected chi connectivity index (χ1v) is 9.68. The van der Waals surface area contributed by atoms with Gasteiger partial charge in [-0.15, -0.1) is 0 Å². The normalized spacial score (nSPS) is 11.7. The van der Waals surface area contributed by atoms with Gasteiger partial charge in [-0.2, -0.15) is 9.31 Å². The Kier molecular flexibility index (Phi) is 6.13. The minimum atomic E-state index is -1.88. The fourth-order valence-corrected chi connectivity index (χ4v) is 3.29. The van der Waals surface area contributed by atoms with E-state index in [0.29, 0.717) is 28.6 Å². The predicted octanol–water partition coefficient (Wildman–Crippen LogP) is 2.79. The van der Waals surface area contributed by atoms with Gasteiger partial charge in [0.2, 0.25) is 0 Å². The summed E-state index contributed by atoms with van der Waals surface area (Å²) in [7, 11) is 1.49. The van der Waals surface area contributed by atoms with Crippen LogP contribution in [0.3, 0.4) is 0 Å². The van der Waals surface area contributed by atoms with Crippen LogP contribution in [0.15, 0.2) is 36.4 Å². The molecule has 0 aliphatic heterocycles. The van der Waals surface area contributed by atoms with Gasteiger partial charge >= 0.3 is 17.2 Å². The van der Waals surface area contributed by atoms with Crippen LogP contribution < -0.4 is 13.6 Å². The summed E-state index contributed by atoms with van der Waals surface area (Å²) in [5, 5.41) is 15.5. The van der Waals surface area contributed by atoms with Gasteiger partial charge in [0.25, 0.3) is 0 Å². The van der Waals surface area contributed by atoms with Crippen molar-refractivity contribution in [2.24, 2.45) is 0 Å². The van der Waals surface area contributed by atoms with Crippen molar-refractivity contribution in [3.05, 3.63) is 53.3 Å².